The van der Waals surface area contributed by atoms with Crippen LogP contribution in [0.3, 0.4) is 0 Å². The number of carbonyl (C=O) groups is 1. The molecule has 3 heterocycles. The van der Waals surface area contributed by atoms with Gasteiger partial charge in [-0.15, -0.1) is 0 Å². The number of hydrogen-bond acceptors (Lipinski definition) is 4. The Morgan fingerprint density at radius 2 is 2.12 bits per heavy atom. The average molecular weight is 341 g/mol. The minimum Gasteiger partial charge on any atom is -0.368 e. The molecule has 0 radical (unpaired) electrons. The molecule has 2 aromatic heterocycles. The molecule has 6 nitrogen and oxygen atoms in total. The molecule has 1 aliphatic rings. The number of carbonyl (C=O) groups excluding carboxylic acids is 1. The van der Waals surface area contributed by atoms with Crippen LogP contribution in [0.1, 0.15) is 36.3 Å². The van der Waals surface area contributed by atoms with Gasteiger partial charge in [0.05, 0.1) is 5.69 Å². The molecule has 0 saturated carbocycles. The summed E-state index contributed by atoms with van der Waals surface area (Å²) in [5.74, 6) is 1.09. The Labute approximate surface area is 149 Å². The van der Waals surface area contributed by atoms with E-state index in [1.807, 2.05) is 54.6 Å². The van der Waals surface area contributed by atoms with Gasteiger partial charge >= 0.3 is 0 Å². The van der Waals surface area contributed by atoms with E-state index < -0.39 is 0 Å². The van der Waals surface area contributed by atoms with E-state index >= 15 is 0 Å². The summed E-state index contributed by atoms with van der Waals surface area (Å²) in [6, 6.07) is 8.24. The summed E-state index contributed by atoms with van der Waals surface area (Å²) in [6.45, 7) is 8.24. The first-order chi connectivity index (χ1) is 12.0. The molecule has 25 heavy (non-hydrogen) atoms. The maximum Gasteiger partial charge on any atom is 0.224 e. The molecule has 0 bridgehead atoms. The van der Waals surface area contributed by atoms with Gasteiger partial charge in [-0.25, -0.2) is 4.98 Å². The van der Waals surface area contributed by atoms with Gasteiger partial charge in [-0.1, -0.05) is 6.07 Å². The molecule has 1 aliphatic heterocycles. The number of aromatic nitrogens is 3. The topological polar surface area (TPSA) is 63.1 Å². The summed E-state index contributed by atoms with van der Waals surface area (Å²) in [4.78, 5) is 19.1. The van der Waals surface area contributed by atoms with Crippen LogP contribution in [-0.4, -0.2) is 44.7 Å². The van der Waals surface area contributed by atoms with E-state index in [9.17, 15) is 4.79 Å². The summed E-state index contributed by atoms with van der Waals surface area (Å²) < 4.78 is 1.92. The van der Waals surface area contributed by atoms with Crippen LogP contribution in [0.2, 0.25) is 0 Å². The number of likely N-dealkylation sites (tertiary alicyclic amines) is 1. The van der Waals surface area contributed by atoms with Gasteiger partial charge in [-0.2, -0.15) is 5.10 Å². The second-order valence-corrected chi connectivity index (χ2v) is 6.83. The number of nitrogens with one attached hydrogen (secondary N) is 1. The summed E-state index contributed by atoms with van der Waals surface area (Å²) in [5, 5.41) is 7.81. The lowest BCUT2D eigenvalue weighted by Gasteiger charge is -2.25. The average Bonchev–Trinajstić information content (AvgIpc) is 3.17. The molecule has 1 fully saturated rings. The van der Waals surface area contributed by atoms with Crippen molar-refractivity contribution in [3.63, 3.8) is 0 Å². The van der Waals surface area contributed by atoms with Crippen molar-refractivity contribution in [2.45, 2.75) is 52.6 Å². The minimum absolute atomic E-state index is 0.217. The quantitative estimate of drug-likeness (QED) is 0.877. The lowest BCUT2D eigenvalue weighted by Crippen LogP contribution is -2.40. The van der Waals surface area contributed by atoms with Crippen molar-refractivity contribution < 1.29 is 4.79 Å². The maximum absolute atomic E-state index is 12.7. The minimum atomic E-state index is 0.217. The van der Waals surface area contributed by atoms with Crippen LogP contribution in [0.15, 0.2) is 24.3 Å². The van der Waals surface area contributed by atoms with E-state index in [1.165, 1.54) is 0 Å². The summed E-state index contributed by atoms with van der Waals surface area (Å²) >= 11 is 0. The molecule has 1 saturated heterocycles. The second kappa shape index (κ2) is 7.68. The van der Waals surface area contributed by atoms with Crippen LogP contribution >= 0.6 is 0 Å². The Bertz CT molecular complexity index is 739. The molecule has 0 spiro atoms. The fraction of sp³-hybridized carbons (Fsp3) is 0.526. The van der Waals surface area contributed by atoms with Crippen molar-refractivity contribution in [1.29, 1.82) is 0 Å². The van der Waals surface area contributed by atoms with Crippen LogP contribution < -0.4 is 5.32 Å². The highest BCUT2D eigenvalue weighted by Crippen LogP contribution is 2.19. The molecule has 0 aromatic carbocycles. The smallest absolute Gasteiger partial charge is 0.224 e. The van der Waals surface area contributed by atoms with E-state index in [1.54, 1.807) is 0 Å². The standard InChI is InChI=1S/C19H27N5O/c1-14-6-4-8-18(21-14)20-13-17-7-5-10-23(17)19(25)9-11-24-16(3)12-15(2)22-24/h4,6,8,12,17H,5,7,9-11,13H2,1-3H3,(H,20,21)/t17-/m0/s1. The third-order valence-electron chi connectivity index (χ3n) is 4.75. The van der Waals surface area contributed by atoms with Crippen molar-refractivity contribution in [1.82, 2.24) is 19.7 Å². The zero-order valence-corrected chi connectivity index (χ0v) is 15.3. The third-order valence-corrected chi connectivity index (χ3v) is 4.75. The first kappa shape index (κ1) is 17.5. The molecule has 3 rings (SSSR count). The Morgan fingerprint density at radius 3 is 2.84 bits per heavy atom. The SMILES string of the molecule is Cc1cccc(NC[C@@H]2CCCN2C(=O)CCn2nc(C)cc2C)n1. The lowest BCUT2D eigenvalue weighted by atomic mass is 10.2. The number of hydrogen-bond donors (Lipinski definition) is 1. The van der Waals surface area contributed by atoms with Crippen molar-refractivity contribution >= 4 is 11.7 Å². The molecule has 2 aromatic rings. The van der Waals surface area contributed by atoms with Crippen molar-refractivity contribution in [3.8, 4) is 0 Å². The van der Waals surface area contributed by atoms with E-state index in [4.69, 9.17) is 0 Å². The highest BCUT2D eigenvalue weighted by Gasteiger charge is 2.28. The zero-order valence-electron chi connectivity index (χ0n) is 15.3. The fourth-order valence-electron chi connectivity index (χ4n) is 3.49. The summed E-state index contributed by atoms with van der Waals surface area (Å²) in [7, 11) is 0. The summed E-state index contributed by atoms with van der Waals surface area (Å²) in [5.41, 5.74) is 3.10. The monoisotopic (exact) mass is 341 g/mol. The Kier molecular flexibility index (Phi) is 5.36. The third kappa shape index (κ3) is 4.38. The molecular formula is C19H27N5O. The van der Waals surface area contributed by atoms with E-state index in [0.29, 0.717) is 13.0 Å². The van der Waals surface area contributed by atoms with Crippen LogP contribution in [0.5, 0.6) is 0 Å². The zero-order chi connectivity index (χ0) is 17.8. The Hall–Kier alpha value is -2.37. The van der Waals surface area contributed by atoms with Gasteiger partial charge in [0.15, 0.2) is 0 Å². The normalized spacial score (nSPS) is 17.1. The number of pyridine rings is 1. The predicted molar refractivity (Wildman–Crippen MR) is 98.5 cm³/mol. The number of rotatable bonds is 6. The molecule has 6 heteroatoms. The van der Waals surface area contributed by atoms with Gasteiger partial charge in [-0.3, -0.25) is 9.48 Å². The molecule has 0 aliphatic carbocycles. The fourth-order valence-corrected chi connectivity index (χ4v) is 3.49. The second-order valence-electron chi connectivity index (χ2n) is 6.83. The first-order valence-corrected chi connectivity index (χ1v) is 9.01. The summed E-state index contributed by atoms with van der Waals surface area (Å²) in [6.07, 6.45) is 2.62. The van der Waals surface area contributed by atoms with Crippen LogP contribution in [0.4, 0.5) is 5.82 Å². The number of anilines is 1. The number of amides is 1. The van der Waals surface area contributed by atoms with Crippen LogP contribution in [0, 0.1) is 20.8 Å². The van der Waals surface area contributed by atoms with Crippen molar-refractivity contribution in [3.05, 3.63) is 41.3 Å². The Morgan fingerprint density at radius 1 is 1.28 bits per heavy atom. The van der Waals surface area contributed by atoms with Gasteiger partial charge in [0.1, 0.15) is 5.82 Å². The molecule has 0 unspecified atom stereocenters. The van der Waals surface area contributed by atoms with Gasteiger partial charge < -0.3 is 10.2 Å². The van der Waals surface area contributed by atoms with Crippen molar-refractivity contribution in [2.24, 2.45) is 0 Å². The molecular weight excluding hydrogens is 314 g/mol. The highest BCUT2D eigenvalue weighted by molar-refractivity contribution is 5.76. The van der Waals surface area contributed by atoms with Gasteiger partial charge in [0.25, 0.3) is 0 Å². The van der Waals surface area contributed by atoms with E-state index in [-0.39, 0.29) is 11.9 Å². The largest absolute Gasteiger partial charge is 0.368 e. The lowest BCUT2D eigenvalue weighted by molar-refractivity contribution is -0.132. The van der Waals surface area contributed by atoms with Gasteiger partial charge in [0, 0.05) is 43.5 Å². The van der Waals surface area contributed by atoms with Gasteiger partial charge in [-0.05, 0) is 51.8 Å². The van der Waals surface area contributed by atoms with Crippen LogP contribution in [0.25, 0.3) is 0 Å². The van der Waals surface area contributed by atoms with E-state index in [0.717, 1.165) is 48.8 Å². The number of nitrogens with zero attached hydrogens (tertiary/aromatic N) is 4. The molecule has 1 N–H and O–H groups in total. The van der Waals surface area contributed by atoms with Crippen molar-refractivity contribution in [2.75, 3.05) is 18.4 Å². The highest BCUT2D eigenvalue weighted by atomic mass is 16.2. The molecule has 1 atom stereocenters. The molecule has 1 amide bonds. The van der Waals surface area contributed by atoms with Crippen LogP contribution in [-0.2, 0) is 11.3 Å². The van der Waals surface area contributed by atoms with E-state index in [2.05, 4.69) is 15.4 Å². The number of aryl methyl sites for hydroxylation is 4. The predicted octanol–water partition coefficient (Wildman–Crippen LogP) is 2.70. The maximum atomic E-state index is 12.7. The Balaban J connectivity index is 1.53. The first-order valence-electron chi connectivity index (χ1n) is 9.01. The molecule has 134 valence electrons. The van der Waals surface area contributed by atoms with Gasteiger partial charge in [0.2, 0.25) is 5.91 Å².